The number of benzene rings is 1. The summed E-state index contributed by atoms with van der Waals surface area (Å²) < 4.78 is 24.1. The van der Waals surface area contributed by atoms with Crippen LogP contribution in [0, 0.1) is 0 Å². The van der Waals surface area contributed by atoms with Crippen LogP contribution in [0.1, 0.15) is 16.8 Å². The van der Waals surface area contributed by atoms with Crippen molar-refractivity contribution >= 4 is 26.8 Å². The zero-order valence-electron chi connectivity index (χ0n) is 12.0. The van der Waals surface area contributed by atoms with Crippen molar-refractivity contribution in [3.63, 3.8) is 0 Å². The summed E-state index contributed by atoms with van der Waals surface area (Å²) in [7, 11) is -3.23. The highest BCUT2D eigenvalue weighted by atomic mass is 32.2. The first kappa shape index (κ1) is 16.2. The molecular formula is C14H17N3O4S. The Morgan fingerprint density at radius 1 is 1.23 bits per heavy atom. The quantitative estimate of drug-likeness (QED) is 0.660. The van der Waals surface area contributed by atoms with Crippen LogP contribution in [0.2, 0.25) is 0 Å². The van der Waals surface area contributed by atoms with E-state index >= 15 is 0 Å². The monoisotopic (exact) mass is 323 g/mol. The number of hydrogen-bond donors (Lipinski definition) is 3. The Morgan fingerprint density at radius 2 is 1.95 bits per heavy atom. The summed E-state index contributed by atoms with van der Waals surface area (Å²) in [6.45, 7) is 0.501. The molecule has 2 aromatic rings. The highest BCUT2D eigenvalue weighted by molar-refractivity contribution is 7.88. The van der Waals surface area contributed by atoms with Gasteiger partial charge in [0.2, 0.25) is 15.5 Å². The lowest BCUT2D eigenvalue weighted by molar-refractivity contribution is 0.0952. The zero-order valence-corrected chi connectivity index (χ0v) is 12.9. The van der Waals surface area contributed by atoms with Crippen molar-refractivity contribution in [2.45, 2.75) is 6.42 Å². The number of pyridine rings is 1. The summed E-state index contributed by atoms with van der Waals surface area (Å²) in [5.41, 5.74) is 0.372. The number of aromatic nitrogens is 1. The number of rotatable bonds is 6. The maximum atomic E-state index is 12.2. The van der Waals surface area contributed by atoms with Crippen LogP contribution in [0.15, 0.2) is 35.3 Å². The second-order valence-electron chi connectivity index (χ2n) is 4.85. The van der Waals surface area contributed by atoms with Crippen molar-refractivity contribution < 1.29 is 13.2 Å². The Labute approximate surface area is 127 Å². The number of para-hydroxylation sites is 1. The molecule has 0 saturated carbocycles. The molecule has 1 aromatic carbocycles. The van der Waals surface area contributed by atoms with E-state index in [1.54, 1.807) is 24.3 Å². The minimum atomic E-state index is -3.23. The maximum absolute atomic E-state index is 12.2. The van der Waals surface area contributed by atoms with Crippen molar-refractivity contribution in [2.75, 3.05) is 19.3 Å². The van der Waals surface area contributed by atoms with Crippen molar-refractivity contribution in [2.24, 2.45) is 0 Å². The van der Waals surface area contributed by atoms with Gasteiger partial charge < -0.3 is 10.3 Å². The zero-order chi connectivity index (χ0) is 16.2. The van der Waals surface area contributed by atoms with Crippen LogP contribution in [-0.2, 0) is 10.0 Å². The van der Waals surface area contributed by atoms with Crippen molar-refractivity contribution in [1.29, 1.82) is 0 Å². The summed E-state index contributed by atoms with van der Waals surface area (Å²) in [5.74, 6) is -0.480. The second kappa shape index (κ2) is 6.71. The summed E-state index contributed by atoms with van der Waals surface area (Å²) in [5, 5.41) is 3.05. The summed E-state index contributed by atoms with van der Waals surface area (Å²) in [6, 6.07) is 6.94. The Hall–Kier alpha value is -2.19. The van der Waals surface area contributed by atoms with Gasteiger partial charge in [0.25, 0.3) is 5.91 Å². The van der Waals surface area contributed by atoms with E-state index in [1.165, 1.54) is 6.20 Å². The van der Waals surface area contributed by atoms with Gasteiger partial charge >= 0.3 is 0 Å². The summed E-state index contributed by atoms with van der Waals surface area (Å²) in [6.07, 6.45) is 2.89. The van der Waals surface area contributed by atoms with Gasteiger partial charge in [-0.1, -0.05) is 12.1 Å². The number of amides is 1. The van der Waals surface area contributed by atoms with E-state index in [0.29, 0.717) is 17.3 Å². The van der Waals surface area contributed by atoms with Gasteiger partial charge in [-0.15, -0.1) is 0 Å². The topological polar surface area (TPSA) is 108 Å². The minimum Gasteiger partial charge on any atom is -0.360 e. The molecule has 0 fully saturated rings. The third kappa shape index (κ3) is 4.15. The molecule has 1 amide bonds. The summed E-state index contributed by atoms with van der Waals surface area (Å²) in [4.78, 5) is 27.1. The fourth-order valence-electron chi connectivity index (χ4n) is 1.98. The van der Waals surface area contributed by atoms with Crippen molar-refractivity contribution in [3.8, 4) is 0 Å². The third-order valence-corrected chi connectivity index (χ3v) is 3.76. The molecule has 0 radical (unpaired) electrons. The van der Waals surface area contributed by atoms with E-state index < -0.39 is 15.9 Å². The SMILES string of the molecule is CS(=O)(=O)NCCCNC(=O)c1c[nH]c2ccccc2c1=O. The van der Waals surface area contributed by atoms with Gasteiger partial charge in [0.1, 0.15) is 5.56 Å². The largest absolute Gasteiger partial charge is 0.360 e. The number of sulfonamides is 1. The summed E-state index contributed by atoms with van der Waals surface area (Å²) >= 11 is 0. The van der Waals surface area contributed by atoms with Gasteiger partial charge in [-0.25, -0.2) is 13.1 Å². The molecular weight excluding hydrogens is 306 g/mol. The number of carbonyl (C=O) groups is 1. The third-order valence-electron chi connectivity index (χ3n) is 3.04. The molecule has 0 bridgehead atoms. The Morgan fingerprint density at radius 3 is 2.68 bits per heavy atom. The molecule has 1 heterocycles. The van der Waals surface area contributed by atoms with E-state index in [4.69, 9.17) is 0 Å². The van der Waals surface area contributed by atoms with E-state index in [-0.39, 0.29) is 24.1 Å². The molecule has 0 spiro atoms. The van der Waals surface area contributed by atoms with Crippen molar-refractivity contribution in [1.82, 2.24) is 15.0 Å². The van der Waals surface area contributed by atoms with Crippen molar-refractivity contribution in [3.05, 3.63) is 46.2 Å². The van der Waals surface area contributed by atoms with Gasteiger partial charge in [-0.05, 0) is 18.6 Å². The second-order valence-corrected chi connectivity index (χ2v) is 6.69. The number of aromatic amines is 1. The van der Waals surface area contributed by atoms with Gasteiger partial charge in [0.15, 0.2) is 0 Å². The molecule has 0 aliphatic rings. The first-order chi connectivity index (χ1) is 10.4. The van der Waals surface area contributed by atoms with Crippen LogP contribution in [-0.4, -0.2) is 38.7 Å². The normalized spacial score (nSPS) is 11.5. The number of carbonyl (C=O) groups excluding carboxylic acids is 1. The van der Waals surface area contributed by atoms with Crippen LogP contribution >= 0.6 is 0 Å². The van der Waals surface area contributed by atoms with Crippen LogP contribution in [0.25, 0.3) is 10.9 Å². The molecule has 8 heteroatoms. The fraction of sp³-hybridized carbons (Fsp3) is 0.286. The fourth-order valence-corrected chi connectivity index (χ4v) is 2.49. The predicted octanol–water partition coefficient (Wildman–Crippen LogP) is 0.197. The average Bonchev–Trinajstić information content (AvgIpc) is 2.46. The number of nitrogens with one attached hydrogen (secondary N) is 3. The average molecular weight is 323 g/mol. The van der Waals surface area contributed by atoms with E-state index in [2.05, 4.69) is 15.0 Å². The Bertz CT molecular complexity index is 843. The van der Waals surface area contributed by atoms with Gasteiger partial charge in [-0.2, -0.15) is 0 Å². The van der Waals surface area contributed by atoms with Gasteiger partial charge in [-0.3, -0.25) is 9.59 Å². The predicted molar refractivity (Wildman–Crippen MR) is 84.4 cm³/mol. The highest BCUT2D eigenvalue weighted by Crippen LogP contribution is 2.06. The molecule has 0 unspecified atom stereocenters. The maximum Gasteiger partial charge on any atom is 0.256 e. The standard InChI is InChI=1S/C14H17N3O4S/c1-22(20,21)17-8-4-7-15-14(19)11-9-16-12-6-3-2-5-10(12)13(11)18/h2-3,5-6,9,17H,4,7-8H2,1H3,(H,15,19)(H,16,18). The minimum absolute atomic E-state index is 0.0368. The van der Waals surface area contributed by atoms with Gasteiger partial charge in [0.05, 0.1) is 6.26 Å². The molecule has 7 nitrogen and oxygen atoms in total. The number of hydrogen-bond acceptors (Lipinski definition) is 4. The molecule has 22 heavy (non-hydrogen) atoms. The highest BCUT2D eigenvalue weighted by Gasteiger charge is 2.12. The molecule has 2 rings (SSSR count). The first-order valence-corrected chi connectivity index (χ1v) is 8.61. The van der Waals surface area contributed by atoms with E-state index in [1.807, 2.05) is 0 Å². The smallest absolute Gasteiger partial charge is 0.256 e. The molecule has 0 aliphatic heterocycles. The van der Waals surface area contributed by atoms with Crippen LogP contribution in [0.5, 0.6) is 0 Å². The molecule has 1 aromatic heterocycles. The molecule has 0 saturated heterocycles. The Balaban J connectivity index is 1.99. The van der Waals surface area contributed by atoms with Crippen LogP contribution in [0.4, 0.5) is 0 Å². The van der Waals surface area contributed by atoms with E-state index in [0.717, 1.165) is 6.26 Å². The molecule has 118 valence electrons. The van der Waals surface area contributed by atoms with E-state index in [9.17, 15) is 18.0 Å². The molecule has 3 N–H and O–H groups in total. The van der Waals surface area contributed by atoms with Crippen LogP contribution < -0.4 is 15.5 Å². The lowest BCUT2D eigenvalue weighted by Crippen LogP contribution is -2.32. The van der Waals surface area contributed by atoms with Gasteiger partial charge in [0, 0.05) is 30.2 Å². The number of fused-ring (bicyclic) bond motifs is 1. The Kier molecular flexibility index (Phi) is 4.94. The first-order valence-electron chi connectivity index (χ1n) is 6.72. The molecule has 0 atom stereocenters. The number of H-pyrrole nitrogens is 1. The molecule has 0 aliphatic carbocycles. The lowest BCUT2D eigenvalue weighted by Gasteiger charge is -2.06. The van der Waals surface area contributed by atoms with Crippen LogP contribution in [0.3, 0.4) is 0 Å². The lowest BCUT2D eigenvalue weighted by atomic mass is 10.1.